The van der Waals surface area contributed by atoms with Crippen LogP contribution in [0.5, 0.6) is 0 Å². The maximum atomic E-state index is 13.6. The minimum absolute atomic E-state index is 0.281. The third-order valence-corrected chi connectivity index (χ3v) is 3.52. The van der Waals surface area contributed by atoms with Gasteiger partial charge in [-0.3, -0.25) is 0 Å². The SMILES string of the molecule is CCOC(=O)[C@H](C)N(CF)c1ccccc1-c1ccccc1. The van der Waals surface area contributed by atoms with Crippen molar-refractivity contribution in [2.45, 2.75) is 19.9 Å². The summed E-state index contributed by atoms with van der Waals surface area (Å²) in [5.74, 6) is -0.428. The van der Waals surface area contributed by atoms with Crippen LogP contribution in [-0.4, -0.2) is 25.4 Å². The first kappa shape index (κ1) is 16.0. The van der Waals surface area contributed by atoms with Crippen LogP contribution in [0.4, 0.5) is 10.1 Å². The molecule has 0 N–H and O–H groups in total. The van der Waals surface area contributed by atoms with Crippen LogP contribution in [0.1, 0.15) is 13.8 Å². The van der Waals surface area contributed by atoms with E-state index in [1.165, 1.54) is 4.90 Å². The summed E-state index contributed by atoms with van der Waals surface area (Å²) in [5.41, 5.74) is 2.54. The Hall–Kier alpha value is -2.36. The summed E-state index contributed by atoms with van der Waals surface area (Å²) in [6, 6.07) is 16.5. The summed E-state index contributed by atoms with van der Waals surface area (Å²) in [6.45, 7) is 2.91. The van der Waals surface area contributed by atoms with E-state index in [4.69, 9.17) is 4.74 Å². The average Bonchev–Trinajstić information content (AvgIpc) is 2.57. The Morgan fingerprint density at radius 2 is 1.77 bits per heavy atom. The number of anilines is 1. The molecule has 0 heterocycles. The molecule has 2 aromatic carbocycles. The van der Waals surface area contributed by atoms with Crippen molar-refractivity contribution in [1.29, 1.82) is 0 Å². The first-order valence-corrected chi connectivity index (χ1v) is 7.32. The molecular weight excluding hydrogens is 281 g/mol. The molecule has 0 spiro atoms. The Labute approximate surface area is 130 Å². The second kappa shape index (κ2) is 7.59. The highest BCUT2D eigenvalue weighted by molar-refractivity contribution is 5.84. The van der Waals surface area contributed by atoms with Gasteiger partial charge in [-0.25, -0.2) is 9.18 Å². The number of esters is 1. The molecule has 1 atom stereocenters. The number of carbonyl (C=O) groups excluding carboxylic acids is 1. The van der Waals surface area contributed by atoms with Gasteiger partial charge in [-0.2, -0.15) is 0 Å². The quantitative estimate of drug-likeness (QED) is 0.596. The molecule has 0 aliphatic rings. The first-order valence-electron chi connectivity index (χ1n) is 7.32. The number of benzene rings is 2. The zero-order valence-electron chi connectivity index (χ0n) is 12.8. The van der Waals surface area contributed by atoms with Gasteiger partial charge in [0.15, 0.2) is 6.80 Å². The van der Waals surface area contributed by atoms with Gasteiger partial charge in [-0.1, -0.05) is 48.5 Å². The highest BCUT2D eigenvalue weighted by Crippen LogP contribution is 2.31. The van der Waals surface area contributed by atoms with Gasteiger partial charge in [0.2, 0.25) is 0 Å². The van der Waals surface area contributed by atoms with Crippen molar-refractivity contribution in [3.05, 3.63) is 54.6 Å². The molecule has 0 amide bonds. The maximum Gasteiger partial charge on any atom is 0.328 e. The zero-order chi connectivity index (χ0) is 15.9. The summed E-state index contributed by atoms with van der Waals surface area (Å²) in [5, 5.41) is 0. The van der Waals surface area contributed by atoms with E-state index in [0.717, 1.165) is 11.1 Å². The Morgan fingerprint density at radius 1 is 1.14 bits per heavy atom. The second-order valence-electron chi connectivity index (χ2n) is 4.90. The highest BCUT2D eigenvalue weighted by Gasteiger charge is 2.24. The molecule has 0 radical (unpaired) electrons. The molecule has 0 aliphatic heterocycles. The monoisotopic (exact) mass is 301 g/mol. The summed E-state index contributed by atoms with van der Waals surface area (Å²) in [4.78, 5) is 13.4. The number of alkyl halides is 1. The Morgan fingerprint density at radius 3 is 2.41 bits per heavy atom. The van der Waals surface area contributed by atoms with Gasteiger partial charge in [-0.15, -0.1) is 0 Å². The molecule has 0 bridgehead atoms. The molecule has 0 saturated carbocycles. The van der Waals surface area contributed by atoms with E-state index in [9.17, 15) is 9.18 Å². The van der Waals surface area contributed by atoms with Crippen LogP contribution in [0.2, 0.25) is 0 Å². The molecule has 4 heteroatoms. The Kier molecular flexibility index (Phi) is 5.53. The minimum Gasteiger partial charge on any atom is -0.464 e. The predicted molar refractivity (Wildman–Crippen MR) is 86.4 cm³/mol. The summed E-state index contributed by atoms with van der Waals surface area (Å²) in [7, 11) is 0. The molecular formula is C18H20FNO2. The summed E-state index contributed by atoms with van der Waals surface area (Å²) < 4.78 is 18.6. The van der Waals surface area contributed by atoms with Gasteiger partial charge in [-0.05, 0) is 25.5 Å². The molecule has 116 valence electrons. The van der Waals surface area contributed by atoms with Crippen LogP contribution in [0.15, 0.2) is 54.6 Å². The molecule has 3 nitrogen and oxygen atoms in total. The lowest BCUT2D eigenvalue weighted by atomic mass is 10.0. The number of ether oxygens (including phenoxy) is 1. The topological polar surface area (TPSA) is 29.5 Å². The number of hydrogen-bond acceptors (Lipinski definition) is 3. The van der Waals surface area contributed by atoms with Crippen LogP contribution in [0.3, 0.4) is 0 Å². The van der Waals surface area contributed by atoms with Gasteiger partial charge >= 0.3 is 5.97 Å². The smallest absolute Gasteiger partial charge is 0.328 e. The fourth-order valence-electron chi connectivity index (χ4n) is 2.35. The number of halogens is 1. The van der Waals surface area contributed by atoms with Crippen molar-refractivity contribution in [2.24, 2.45) is 0 Å². The summed E-state index contributed by atoms with van der Waals surface area (Å²) in [6.07, 6.45) is 0. The number of nitrogens with zero attached hydrogens (tertiary/aromatic N) is 1. The molecule has 2 rings (SSSR count). The Balaban J connectivity index is 2.40. The molecule has 0 aromatic heterocycles. The van der Waals surface area contributed by atoms with E-state index >= 15 is 0 Å². The number of carbonyl (C=O) groups is 1. The van der Waals surface area contributed by atoms with E-state index in [0.29, 0.717) is 5.69 Å². The van der Waals surface area contributed by atoms with E-state index < -0.39 is 18.8 Å². The molecule has 0 aliphatic carbocycles. The lowest BCUT2D eigenvalue weighted by Gasteiger charge is -2.28. The van der Waals surface area contributed by atoms with Crippen molar-refractivity contribution >= 4 is 11.7 Å². The van der Waals surface area contributed by atoms with E-state index in [1.807, 2.05) is 54.6 Å². The molecule has 0 fully saturated rings. The number of rotatable bonds is 6. The van der Waals surface area contributed by atoms with Gasteiger partial charge in [0.05, 0.1) is 6.61 Å². The predicted octanol–water partition coefficient (Wildman–Crippen LogP) is 4.04. The van der Waals surface area contributed by atoms with Gasteiger partial charge in [0.25, 0.3) is 0 Å². The fourth-order valence-corrected chi connectivity index (χ4v) is 2.35. The zero-order valence-corrected chi connectivity index (χ0v) is 12.8. The lowest BCUT2D eigenvalue weighted by molar-refractivity contribution is -0.144. The fraction of sp³-hybridized carbons (Fsp3) is 0.278. The number of para-hydroxylation sites is 1. The third-order valence-electron chi connectivity index (χ3n) is 3.52. The van der Waals surface area contributed by atoms with Gasteiger partial charge in [0, 0.05) is 11.3 Å². The normalized spacial score (nSPS) is 11.8. The highest BCUT2D eigenvalue weighted by atomic mass is 19.1. The largest absolute Gasteiger partial charge is 0.464 e. The molecule has 2 aromatic rings. The van der Waals surface area contributed by atoms with Crippen molar-refractivity contribution in [2.75, 3.05) is 18.3 Å². The molecule has 22 heavy (non-hydrogen) atoms. The van der Waals surface area contributed by atoms with Gasteiger partial charge in [0.1, 0.15) is 6.04 Å². The third kappa shape index (κ3) is 3.45. The van der Waals surface area contributed by atoms with Crippen LogP contribution < -0.4 is 4.90 Å². The molecule has 0 unspecified atom stereocenters. The standard InChI is InChI=1S/C18H20FNO2/c1-3-22-18(21)14(2)20(13-19)17-12-8-7-11-16(17)15-9-5-4-6-10-15/h4-12,14H,3,13H2,1-2H3/t14-/m0/s1. The van der Waals surface area contributed by atoms with Crippen LogP contribution >= 0.6 is 0 Å². The molecule has 0 saturated heterocycles. The van der Waals surface area contributed by atoms with Crippen LogP contribution in [0.25, 0.3) is 11.1 Å². The Bertz CT molecular complexity index is 615. The summed E-state index contributed by atoms with van der Waals surface area (Å²) >= 11 is 0. The first-order chi connectivity index (χ1) is 10.7. The second-order valence-corrected chi connectivity index (χ2v) is 4.90. The lowest BCUT2D eigenvalue weighted by Crippen LogP contribution is -2.40. The van der Waals surface area contributed by atoms with Crippen molar-refractivity contribution in [3.8, 4) is 11.1 Å². The van der Waals surface area contributed by atoms with Crippen molar-refractivity contribution in [3.63, 3.8) is 0 Å². The van der Waals surface area contributed by atoms with E-state index in [-0.39, 0.29) is 6.61 Å². The van der Waals surface area contributed by atoms with E-state index in [1.54, 1.807) is 13.8 Å². The van der Waals surface area contributed by atoms with Gasteiger partial charge < -0.3 is 9.64 Å². The van der Waals surface area contributed by atoms with Crippen molar-refractivity contribution in [1.82, 2.24) is 0 Å². The maximum absolute atomic E-state index is 13.6. The van der Waals surface area contributed by atoms with Crippen LogP contribution in [0, 0.1) is 0 Å². The van der Waals surface area contributed by atoms with Crippen LogP contribution in [-0.2, 0) is 9.53 Å². The van der Waals surface area contributed by atoms with E-state index in [2.05, 4.69) is 0 Å². The van der Waals surface area contributed by atoms with Crippen molar-refractivity contribution < 1.29 is 13.9 Å². The number of hydrogen-bond donors (Lipinski definition) is 0. The average molecular weight is 301 g/mol. The minimum atomic E-state index is -0.760.